The van der Waals surface area contributed by atoms with Crippen molar-refractivity contribution >= 4 is 41.4 Å². The topological polar surface area (TPSA) is 194 Å². The first-order valence-corrected chi connectivity index (χ1v) is 12.4. The molecule has 0 radical (unpaired) electrons. The predicted octanol–water partition coefficient (Wildman–Crippen LogP) is -0.427. The first-order valence-electron chi connectivity index (χ1n) is 11.0. The van der Waals surface area contributed by atoms with E-state index in [0.29, 0.717) is 12.2 Å². The predicted molar refractivity (Wildman–Crippen MR) is 127 cm³/mol. The van der Waals surface area contributed by atoms with Gasteiger partial charge in [0.1, 0.15) is 18.1 Å². The number of carbonyl (C=O) groups is 5. The van der Waals surface area contributed by atoms with Crippen LogP contribution in [0.5, 0.6) is 0 Å². The largest absolute Gasteiger partial charge is 0.480 e. The molecule has 11 nitrogen and oxygen atoms in total. The Balaban J connectivity index is 5.54. The van der Waals surface area contributed by atoms with Crippen LogP contribution in [-0.4, -0.2) is 70.9 Å². The van der Waals surface area contributed by atoms with E-state index in [2.05, 4.69) is 16.0 Å². The van der Waals surface area contributed by atoms with Crippen molar-refractivity contribution in [3.8, 4) is 0 Å². The maximum Gasteiger partial charge on any atom is 0.326 e. The van der Waals surface area contributed by atoms with Crippen LogP contribution >= 0.6 is 11.8 Å². The zero-order valence-corrected chi connectivity index (χ0v) is 20.9. The smallest absolute Gasteiger partial charge is 0.326 e. The summed E-state index contributed by atoms with van der Waals surface area (Å²) in [7, 11) is 0. The quantitative estimate of drug-likeness (QED) is 0.168. The molecule has 0 aromatic carbocycles. The standard InChI is InChI=1S/C21H39N5O6S/c1-11(2)10-15(21(31)32)26-18(28)13(6-7-16(22)27)24-19(29)14(8-9-33-5)25-20(30)17(23)12(3)4/h11-15,17H,6-10,23H2,1-5H3,(H2,22,27)(H,24,29)(H,25,30)(H,26,28)(H,31,32). The Labute approximate surface area is 199 Å². The number of aliphatic carboxylic acids is 1. The molecule has 0 heterocycles. The lowest BCUT2D eigenvalue weighted by atomic mass is 10.0. The summed E-state index contributed by atoms with van der Waals surface area (Å²) < 4.78 is 0. The zero-order valence-electron chi connectivity index (χ0n) is 20.1. The molecule has 0 spiro atoms. The molecule has 0 bridgehead atoms. The molecule has 0 aliphatic heterocycles. The van der Waals surface area contributed by atoms with Crippen LogP contribution in [0.25, 0.3) is 0 Å². The van der Waals surface area contributed by atoms with Crippen molar-refractivity contribution in [2.45, 2.75) is 77.5 Å². The molecule has 8 N–H and O–H groups in total. The molecule has 12 heteroatoms. The lowest BCUT2D eigenvalue weighted by Crippen LogP contribution is -2.57. The summed E-state index contributed by atoms with van der Waals surface area (Å²) in [4.78, 5) is 60.9. The maximum atomic E-state index is 12.9. The van der Waals surface area contributed by atoms with Gasteiger partial charge in [-0.15, -0.1) is 0 Å². The second-order valence-electron chi connectivity index (χ2n) is 8.71. The van der Waals surface area contributed by atoms with Gasteiger partial charge in [-0.2, -0.15) is 11.8 Å². The number of hydrogen-bond donors (Lipinski definition) is 6. The highest BCUT2D eigenvalue weighted by Crippen LogP contribution is 2.08. The number of carbonyl (C=O) groups excluding carboxylic acids is 4. The van der Waals surface area contributed by atoms with Crippen molar-refractivity contribution < 1.29 is 29.1 Å². The number of nitrogens with two attached hydrogens (primary N) is 2. The lowest BCUT2D eigenvalue weighted by Gasteiger charge is -2.26. The fraction of sp³-hybridized carbons (Fsp3) is 0.762. The highest BCUT2D eigenvalue weighted by molar-refractivity contribution is 7.98. The van der Waals surface area contributed by atoms with Crippen molar-refractivity contribution in [1.82, 2.24) is 16.0 Å². The van der Waals surface area contributed by atoms with Crippen LogP contribution < -0.4 is 27.4 Å². The van der Waals surface area contributed by atoms with E-state index < -0.39 is 53.8 Å². The normalized spacial score (nSPS) is 14.8. The Kier molecular flexibility index (Phi) is 14.4. The van der Waals surface area contributed by atoms with Gasteiger partial charge in [0.2, 0.25) is 23.6 Å². The Bertz CT molecular complexity index is 688. The van der Waals surface area contributed by atoms with Crippen molar-refractivity contribution in [2.24, 2.45) is 23.3 Å². The number of hydrogen-bond acceptors (Lipinski definition) is 7. The SMILES string of the molecule is CSCCC(NC(=O)C(N)C(C)C)C(=O)NC(CCC(N)=O)C(=O)NC(CC(C)C)C(=O)O. The summed E-state index contributed by atoms with van der Waals surface area (Å²) >= 11 is 1.48. The Morgan fingerprint density at radius 2 is 1.33 bits per heavy atom. The van der Waals surface area contributed by atoms with Crippen molar-refractivity contribution in [3.63, 3.8) is 0 Å². The number of primary amides is 1. The van der Waals surface area contributed by atoms with Crippen LogP contribution in [0.2, 0.25) is 0 Å². The van der Waals surface area contributed by atoms with Gasteiger partial charge >= 0.3 is 5.97 Å². The van der Waals surface area contributed by atoms with Gasteiger partial charge in [-0.05, 0) is 43.1 Å². The summed E-state index contributed by atoms with van der Waals surface area (Å²) in [5.41, 5.74) is 11.1. The summed E-state index contributed by atoms with van der Waals surface area (Å²) in [5.74, 6) is -3.33. The molecular formula is C21H39N5O6S. The first kappa shape index (κ1) is 30.7. The van der Waals surface area contributed by atoms with E-state index in [1.54, 1.807) is 13.8 Å². The van der Waals surface area contributed by atoms with Crippen LogP contribution in [0.15, 0.2) is 0 Å². The molecule has 33 heavy (non-hydrogen) atoms. The number of carboxylic acid groups (broad SMARTS) is 1. The molecule has 4 unspecified atom stereocenters. The summed E-state index contributed by atoms with van der Waals surface area (Å²) in [5, 5.41) is 17.0. The Hall–Kier alpha value is -2.34. The number of amides is 4. The average molecular weight is 490 g/mol. The summed E-state index contributed by atoms with van der Waals surface area (Å²) in [6.07, 6.45) is 2.02. The van der Waals surface area contributed by atoms with Gasteiger partial charge in [0.15, 0.2) is 0 Å². The fourth-order valence-electron chi connectivity index (χ4n) is 2.87. The van der Waals surface area contributed by atoms with E-state index in [9.17, 15) is 29.1 Å². The second-order valence-corrected chi connectivity index (χ2v) is 9.69. The Morgan fingerprint density at radius 3 is 1.76 bits per heavy atom. The van der Waals surface area contributed by atoms with Gasteiger partial charge in [-0.3, -0.25) is 19.2 Å². The van der Waals surface area contributed by atoms with Gasteiger partial charge in [0, 0.05) is 6.42 Å². The number of thioether (sulfide) groups is 1. The van der Waals surface area contributed by atoms with E-state index in [-0.39, 0.29) is 31.1 Å². The van der Waals surface area contributed by atoms with Gasteiger partial charge in [-0.1, -0.05) is 27.7 Å². The number of nitrogens with one attached hydrogen (secondary N) is 3. The molecule has 0 aromatic heterocycles. The van der Waals surface area contributed by atoms with E-state index >= 15 is 0 Å². The summed E-state index contributed by atoms with van der Waals surface area (Å²) in [6, 6.07) is -4.12. The van der Waals surface area contributed by atoms with Crippen molar-refractivity contribution in [3.05, 3.63) is 0 Å². The minimum Gasteiger partial charge on any atom is -0.480 e. The van der Waals surface area contributed by atoms with E-state index in [1.807, 2.05) is 20.1 Å². The number of rotatable bonds is 16. The highest BCUT2D eigenvalue weighted by atomic mass is 32.2. The minimum atomic E-state index is -1.20. The fourth-order valence-corrected chi connectivity index (χ4v) is 3.34. The lowest BCUT2D eigenvalue weighted by molar-refractivity contribution is -0.143. The molecule has 0 rings (SSSR count). The summed E-state index contributed by atoms with van der Waals surface area (Å²) in [6.45, 7) is 7.19. The number of carboxylic acids is 1. The van der Waals surface area contributed by atoms with Crippen LogP contribution in [-0.2, 0) is 24.0 Å². The van der Waals surface area contributed by atoms with Gasteiger partial charge < -0.3 is 32.5 Å². The van der Waals surface area contributed by atoms with Crippen molar-refractivity contribution in [2.75, 3.05) is 12.0 Å². The average Bonchev–Trinajstić information content (AvgIpc) is 2.71. The van der Waals surface area contributed by atoms with E-state index in [4.69, 9.17) is 11.5 Å². The second kappa shape index (κ2) is 15.5. The van der Waals surface area contributed by atoms with Crippen molar-refractivity contribution in [1.29, 1.82) is 0 Å². The molecular weight excluding hydrogens is 450 g/mol. The van der Waals surface area contributed by atoms with Crippen LogP contribution in [0.3, 0.4) is 0 Å². The van der Waals surface area contributed by atoms with E-state index in [0.717, 1.165) is 0 Å². The van der Waals surface area contributed by atoms with E-state index in [1.165, 1.54) is 11.8 Å². The molecule has 0 aliphatic rings. The molecule has 0 fully saturated rings. The highest BCUT2D eigenvalue weighted by Gasteiger charge is 2.31. The molecule has 4 atom stereocenters. The molecule has 190 valence electrons. The molecule has 0 saturated carbocycles. The molecule has 0 aromatic rings. The van der Waals surface area contributed by atoms with Crippen LogP contribution in [0.4, 0.5) is 0 Å². The molecule has 4 amide bonds. The minimum absolute atomic E-state index is 0.00126. The third kappa shape index (κ3) is 12.5. The van der Waals surface area contributed by atoms with Crippen LogP contribution in [0, 0.1) is 11.8 Å². The zero-order chi connectivity index (χ0) is 25.7. The molecule has 0 saturated heterocycles. The first-order chi connectivity index (χ1) is 15.3. The van der Waals surface area contributed by atoms with Gasteiger partial charge in [-0.25, -0.2) is 4.79 Å². The Morgan fingerprint density at radius 1 is 0.848 bits per heavy atom. The van der Waals surface area contributed by atoms with Crippen LogP contribution in [0.1, 0.15) is 53.4 Å². The maximum absolute atomic E-state index is 12.9. The van der Waals surface area contributed by atoms with Gasteiger partial charge in [0.05, 0.1) is 6.04 Å². The monoisotopic (exact) mass is 489 g/mol. The third-order valence-electron chi connectivity index (χ3n) is 4.90. The van der Waals surface area contributed by atoms with Gasteiger partial charge in [0.25, 0.3) is 0 Å². The molecule has 0 aliphatic carbocycles. The third-order valence-corrected chi connectivity index (χ3v) is 5.54.